The fourth-order valence-electron chi connectivity index (χ4n) is 1.87. The van der Waals surface area contributed by atoms with Crippen LogP contribution in [0.1, 0.15) is 16.1 Å². The van der Waals surface area contributed by atoms with E-state index in [4.69, 9.17) is 5.73 Å². The second kappa shape index (κ2) is 6.06. The second-order valence-corrected chi connectivity index (χ2v) is 4.39. The number of aliphatic hydroxyl groups is 1. The Hall–Kier alpha value is -2.27. The number of nitrogens with two attached hydrogens (primary N) is 1. The van der Waals surface area contributed by atoms with E-state index >= 15 is 0 Å². The van der Waals surface area contributed by atoms with Gasteiger partial charge in [0.1, 0.15) is 5.69 Å². The number of hydrogen-bond donors (Lipinski definition) is 4. The lowest BCUT2D eigenvalue weighted by molar-refractivity contribution is 0.0912. The Kier molecular flexibility index (Phi) is 4.20. The van der Waals surface area contributed by atoms with Crippen LogP contribution in [-0.2, 0) is 6.42 Å². The lowest BCUT2D eigenvalue weighted by Crippen LogP contribution is -2.39. The highest BCUT2D eigenvalue weighted by molar-refractivity contribution is 5.93. The Morgan fingerprint density at radius 3 is 2.68 bits per heavy atom. The molecule has 0 radical (unpaired) electrons. The number of aromatic amines is 1. The van der Waals surface area contributed by atoms with Gasteiger partial charge >= 0.3 is 0 Å². The number of carbonyl (C=O) groups is 1. The zero-order valence-electron chi connectivity index (χ0n) is 10.5. The number of nitrogen functional groups attached to an aromatic ring is 1. The van der Waals surface area contributed by atoms with Crippen LogP contribution in [0.3, 0.4) is 0 Å². The molecule has 0 fully saturated rings. The number of hydrogen-bond acceptors (Lipinski definition) is 3. The molecule has 0 aliphatic rings. The van der Waals surface area contributed by atoms with E-state index in [0.717, 1.165) is 5.56 Å². The third kappa shape index (κ3) is 3.59. The van der Waals surface area contributed by atoms with Crippen molar-refractivity contribution in [3.05, 3.63) is 53.9 Å². The summed E-state index contributed by atoms with van der Waals surface area (Å²) in [5.41, 5.74) is 7.51. The van der Waals surface area contributed by atoms with Crippen molar-refractivity contribution in [2.24, 2.45) is 0 Å². The van der Waals surface area contributed by atoms with Gasteiger partial charge in [0.2, 0.25) is 0 Å². The molecule has 0 bridgehead atoms. The van der Waals surface area contributed by atoms with Crippen molar-refractivity contribution >= 4 is 11.6 Å². The molecule has 2 rings (SSSR count). The lowest BCUT2D eigenvalue weighted by atomic mass is 10.1. The molecule has 1 aromatic heterocycles. The first-order chi connectivity index (χ1) is 9.19. The van der Waals surface area contributed by atoms with E-state index in [2.05, 4.69) is 10.3 Å². The van der Waals surface area contributed by atoms with E-state index in [1.54, 1.807) is 12.3 Å². The van der Waals surface area contributed by atoms with Crippen LogP contribution in [0.4, 0.5) is 5.69 Å². The van der Waals surface area contributed by atoms with Gasteiger partial charge in [-0.05, 0) is 18.1 Å². The van der Waals surface area contributed by atoms with Crippen molar-refractivity contribution in [2.45, 2.75) is 12.5 Å². The van der Waals surface area contributed by atoms with E-state index in [-0.39, 0.29) is 18.6 Å². The summed E-state index contributed by atoms with van der Waals surface area (Å²) < 4.78 is 0. The highest BCUT2D eigenvalue weighted by Gasteiger charge is 2.14. The zero-order chi connectivity index (χ0) is 13.7. The Balaban J connectivity index is 1.97. The number of carbonyl (C=O) groups excluding carboxylic acids is 1. The number of amides is 1. The number of aliphatic hydroxyl groups excluding tert-OH is 1. The van der Waals surface area contributed by atoms with Crippen molar-refractivity contribution in [2.75, 3.05) is 12.3 Å². The molecule has 1 aromatic carbocycles. The molecule has 5 N–H and O–H groups in total. The highest BCUT2D eigenvalue weighted by atomic mass is 16.3. The first-order valence-corrected chi connectivity index (χ1v) is 6.08. The molecular weight excluding hydrogens is 242 g/mol. The van der Waals surface area contributed by atoms with Crippen LogP contribution in [0, 0.1) is 0 Å². The Morgan fingerprint density at radius 2 is 2.11 bits per heavy atom. The average Bonchev–Trinajstić information content (AvgIpc) is 2.86. The molecule has 2 aromatic rings. The van der Waals surface area contributed by atoms with Gasteiger partial charge in [0, 0.05) is 11.9 Å². The molecule has 1 amide bonds. The smallest absolute Gasteiger partial charge is 0.268 e. The van der Waals surface area contributed by atoms with E-state index in [9.17, 15) is 9.90 Å². The summed E-state index contributed by atoms with van der Waals surface area (Å²) in [6.07, 6.45) is 2.14. The Bertz CT molecular complexity index is 537. The van der Waals surface area contributed by atoms with E-state index < -0.39 is 0 Å². The minimum absolute atomic E-state index is 0.114. The first-order valence-electron chi connectivity index (χ1n) is 6.08. The van der Waals surface area contributed by atoms with Crippen LogP contribution in [0.5, 0.6) is 0 Å². The van der Waals surface area contributed by atoms with Crippen molar-refractivity contribution in [3.63, 3.8) is 0 Å². The lowest BCUT2D eigenvalue weighted by Gasteiger charge is -2.15. The Morgan fingerprint density at radius 1 is 1.37 bits per heavy atom. The number of H-pyrrole nitrogens is 1. The topological polar surface area (TPSA) is 91.1 Å². The molecule has 0 unspecified atom stereocenters. The van der Waals surface area contributed by atoms with E-state index in [0.29, 0.717) is 17.8 Å². The van der Waals surface area contributed by atoms with Gasteiger partial charge in [0.25, 0.3) is 5.91 Å². The highest BCUT2D eigenvalue weighted by Crippen LogP contribution is 2.06. The third-order valence-corrected chi connectivity index (χ3v) is 2.83. The summed E-state index contributed by atoms with van der Waals surface area (Å²) in [6.45, 7) is -0.114. The normalized spacial score (nSPS) is 12.1. The third-order valence-electron chi connectivity index (χ3n) is 2.83. The maximum atomic E-state index is 11.9. The number of rotatable bonds is 5. The Labute approximate surface area is 111 Å². The van der Waals surface area contributed by atoms with Gasteiger partial charge in [-0.2, -0.15) is 0 Å². The minimum Gasteiger partial charge on any atom is -0.397 e. The van der Waals surface area contributed by atoms with Crippen molar-refractivity contribution in [3.8, 4) is 0 Å². The van der Waals surface area contributed by atoms with Gasteiger partial charge in [-0.3, -0.25) is 4.79 Å². The van der Waals surface area contributed by atoms with Gasteiger partial charge in [-0.15, -0.1) is 0 Å². The van der Waals surface area contributed by atoms with Gasteiger partial charge in [-0.25, -0.2) is 0 Å². The molecule has 1 atom stereocenters. The van der Waals surface area contributed by atoms with Crippen LogP contribution in [-0.4, -0.2) is 28.6 Å². The molecule has 100 valence electrons. The summed E-state index contributed by atoms with van der Waals surface area (Å²) >= 11 is 0. The van der Waals surface area contributed by atoms with Gasteiger partial charge in [0.15, 0.2) is 0 Å². The maximum absolute atomic E-state index is 11.9. The molecule has 0 spiro atoms. The molecule has 19 heavy (non-hydrogen) atoms. The summed E-state index contributed by atoms with van der Waals surface area (Å²) in [5, 5.41) is 12.1. The molecule has 0 aliphatic heterocycles. The van der Waals surface area contributed by atoms with Crippen LogP contribution >= 0.6 is 0 Å². The minimum atomic E-state index is -0.320. The van der Waals surface area contributed by atoms with Gasteiger partial charge in [0.05, 0.1) is 12.6 Å². The van der Waals surface area contributed by atoms with Gasteiger partial charge in [-0.1, -0.05) is 30.3 Å². The zero-order valence-corrected chi connectivity index (χ0v) is 10.5. The molecule has 1 heterocycles. The summed E-state index contributed by atoms with van der Waals surface area (Å²) in [6, 6.07) is 10.9. The molecule has 0 saturated carbocycles. The number of anilines is 1. The predicted molar refractivity (Wildman–Crippen MR) is 73.7 cm³/mol. The fraction of sp³-hybridized carbons (Fsp3) is 0.214. The predicted octanol–water partition coefficient (Wildman–Crippen LogP) is 0.930. The van der Waals surface area contributed by atoms with Gasteiger partial charge < -0.3 is 21.1 Å². The monoisotopic (exact) mass is 259 g/mol. The van der Waals surface area contributed by atoms with Crippen molar-refractivity contribution < 1.29 is 9.90 Å². The molecule has 5 nitrogen and oxygen atoms in total. The number of aromatic nitrogens is 1. The first kappa shape index (κ1) is 13.2. The van der Waals surface area contributed by atoms with Crippen molar-refractivity contribution in [1.82, 2.24) is 10.3 Å². The van der Waals surface area contributed by atoms with Crippen LogP contribution < -0.4 is 11.1 Å². The molecule has 0 aliphatic carbocycles. The SMILES string of the molecule is Nc1c[nH]c(C(=O)N[C@H](CO)Cc2ccccc2)c1. The molecule has 5 heteroatoms. The van der Waals surface area contributed by atoms with Crippen molar-refractivity contribution in [1.29, 1.82) is 0 Å². The largest absolute Gasteiger partial charge is 0.397 e. The maximum Gasteiger partial charge on any atom is 0.268 e. The quantitative estimate of drug-likeness (QED) is 0.643. The van der Waals surface area contributed by atoms with E-state index in [1.807, 2.05) is 30.3 Å². The summed E-state index contributed by atoms with van der Waals surface area (Å²) in [7, 11) is 0. The number of benzene rings is 1. The van der Waals surface area contributed by atoms with E-state index in [1.165, 1.54) is 0 Å². The average molecular weight is 259 g/mol. The number of nitrogens with one attached hydrogen (secondary N) is 2. The summed E-state index contributed by atoms with van der Waals surface area (Å²) in [5.74, 6) is -0.272. The standard InChI is InChI=1S/C14H17N3O2/c15-11-7-13(16-8-11)14(19)17-12(9-18)6-10-4-2-1-3-5-10/h1-5,7-8,12,16,18H,6,9,15H2,(H,17,19)/t12-/m0/s1. The molecular formula is C14H17N3O2. The van der Waals surface area contributed by atoms with Crippen LogP contribution in [0.2, 0.25) is 0 Å². The molecule has 0 saturated heterocycles. The van der Waals surface area contributed by atoms with Crippen LogP contribution in [0.25, 0.3) is 0 Å². The fourth-order valence-corrected chi connectivity index (χ4v) is 1.87. The summed E-state index contributed by atoms with van der Waals surface area (Å²) in [4.78, 5) is 14.7. The second-order valence-electron chi connectivity index (χ2n) is 4.39. The van der Waals surface area contributed by atoms with Crippen LogP contribution in [0.15, 0.2) is 42.6 Å².